The van der Waals surface area contributed by atoms with E-state index < -0.39 is 0 Å². The van der Waals surface area contributed by atoms with Gasteiger partial charge >= 0.3 is 0 Å². The predicted octanol–water partition coefficient (Wildman–Crippen LogP) is 4.47. The highest BCUT2D eigenvalue weighted by Crippen LogP contribution is 2.31. The lowest BCUT2D eigenvalue weighted by Gasteiger charge is -2.07. The van der Waals surface area contributed by atoms with E-state index in [1.807, 2.05) is 43.4 Å². The summed E-state index contributed by atoms with van der Waals surface area (Å²) >= 11 is 6.06. The Bertz CT molecular complexity index is 685. The van der Waals surface area contributed by atoms with Crippen LogP contribution in [0.25, 0.3) is 22.3 Å². The topological polar surface area (TPSA) is 25.2 Å². The van der Waals surface area contributed by atoms with Gasteiger partial charge in [-0.2, -0.15) is 0 Å². The summed E-state index contributed by atoms with van der Waals surface area (Å²) in [5.74, 6) is 0.878. The average molecular weight is 272 g/mol. The van der Waals surface area contributed by atoms with Gasteiger partial charge in [0.2, 0.25) is 0 Å². The van der Waals surface area contributed by atoms with Crippen LogP contribution < -0.4 is 5.32 Å². The molecule has 96 valence electrons. The van der Waals surface area contributed by atoms with Crippen LogP contribution in [0, 0.1) is 0 Å². The number of para-hydroxylation sites is 1. The Morgan fingerprint density at radius 3 is 2.74 bits per heavy atom. The fraction of sp³-hybridized carbons (Fsp3) is 0.125. The Balaban J connectivity index is 2.14. The quantitative estimate of drug-likeness (QED) is 0.760. The molecule has 0 atom stereocenters. The molecule has 0 radical (unpaired) electrons. The fourth-order valence-electron chi connectivity index (χ4n) is 2.25. The van der Waals surface area contributed by atoms with E-state index >= 15 is 0 Å². The number of halogens is 1. The van der Waals surface area contributed by atoms with Gasteiger partial charge in [0.05, 0.1) is 0 Å². The van der Waals surface area contributed by atoms with E-state index in [9.17, 15) is 0 Å². The van der Waals surface area contributed by atoms with Crippen LogP contribution in [0.3, 0.4) is 0 Å². The van der Waals surface area contributed by atoms with E-state index in [1.165, 1.54) is 0 Å². The van der Waals surface area contributed by atoms with Crippen LogP contribution in [0.2, 0.25) is 5.02 Å². The van der Waals surface area contributed by atoms with E-state index in [0.717, 1.165) is 39.4 Å². The molecule has 1 heterocycles. The largest absolute Gasteiger partial charge is 0.456 e. The van der Waals surface area contributed by atoms with Gasteiger partial charge in [-0.05, 0) is 42.9 Å². The maximum absolute atomic E-state index is 6.06. The molecule has 3 aromatic rings. The lowest BCUT2D eigenvalue weighted by Crippen LogP contribution is -2.06. The summed E-state index contributed by atoms with van der Waals surface area (Å²) in [6.45, 7) is 0.757. The van der Waals surface area contributed by atoms with Crippen molar-refractivity contribution in [3.63, 3.8) is 0 Å². The molecule has 3 rings (SSSR count). The number of fused-ring (bicyclic) bond motifs is 1. The first-order valence-corrected chi connectivity index (χ1v) is 6.58. The van der Waals surface area contributed by atoms with Gasteiger partial charge in [0.15, 0.2) is 0 Å². The highest BCUT2D eigenvalue weighted by atomic mass is 35.5. The van der Waals surface area contributed by atoms with Gasteiger partial charge in [0.25, 0.3) is 0 Å². The predicted molar refractivity (Wildman–Crippen MR) is 79.4 cm³/mol. The molecule has 0 aliphatic carbocycles. The van der Waals surface area contributed by atoms with Gasteiger partial charge < -0.3 is 9.73 Å². The Kier molecular flexibility index (Phi) is 3.28. The van der Waals surface area contributed by atoms with Crippen molar-refractivity contribution in [2.75, 3.05) is 7.05 Å². The van der Waals surface area contributed by atoms with E-state index in [4.69, 9.17) is 16.0 Å². The minimum absolute atomic E-state index is 0.741. The van der Waals surface area contributed by atoms with E-state index in [0.29, 0.717) is 0 Å². The van der Waals surface area contributed by atoms with Crippen molar-refractivity contribution in [2.45, 2.75) is 6.54 Å². The van der Waals surface area contributed by atoms with Crippen molar-refractivity contribution in [1.82, 2.24) is 5.32 Å². The van der Waals surface area contributed by atoms with Crippen molar-refractivity contribution < 1.29 is 4.42 Å². The van der Waals surface area contributed by atoms with E-state index in [-0.39, 0.29) is 0 Å². The number of hydrogen-bond acceptors (Lipinski definition) is 2. The molecule has 3 heteroatoms. The standard InChI is InChI=1S/C16H14ClNO/c1-18-10-12-8-13(17)6-7-14(12)16-9-11-4-2-3-5-15(11)19-16/h2-9,18H,10H2,1H3. The summed E-state index contributed by atoms with van der Waals surface area (Å²) in [6.07, 6.45) is 0. The van der Waals surface area contributed by atoms with Crippen molar-refractivity contribution >= 4 is 22.6 Å². The van der Waals surface area contributed by atoms with Crippen molar-refractivity contribution in [2.24, 2.45) is 0 Å². The molecule has 0 saturated heterocycles. The third kappa shape index (κ3) is 2.37. The number of rotatable bonds is 3. The number of nitrogens with one attached hydrogen (secondary N) is 1. The second-order valence-electron chi connectivity index (χ2n) is 4.48. The first-order chi connectivity index (χ1) is 9.28. The molecular weight excluding hydrogens is 258 g/mol. The van der Waals surface area contributed by atoms with Gasteiger partial charge in [-0.1, -0.05) is 29.8 Å². The van der Waals surface area contributed by atoms with Crippen LogP contribution in [0.15, 0.2) is 52.9 Å². The summed E-state index contributed by atoms with van der Waals surface area (Å²) in [6, 6.07) is 16.0. The van der Waals surface area contributed by atoms with Crippen LogP contribution in [0.1, 0.15) is 5.56 Å². The second kappa shape index (κ2) is 5.08. The summed E-state index contributed by atoms with van der Waals surface area (Å²) in [5.41, 5.74) is 3.12. The van der Waals surface area contributed by atoms with Gasteiger partial charge in [-0.25, -0.2) is 0 Å². The summed E-state index contributed by atoms with van der Waals surface area (Å²) in [7, 11) is 1.92. The average Bonchev–Trinajstić information content (AvgIpc) is 2.82. The van der Waals surface area contributed by atoms with Gasteiger partial charge in [0.1, 0.15) is 11.3 Å². The molecule has 1 aromatic heterocycles. The van der Waals surface area contributed by atoms with Crippen LogP contribution in [0.5, 0.6) is 0 Å². The van der Waals surface area contributed by atoms with Crippen LogP contribution in [-0.4, -0.2) is 7.05 Å². The summed E-state index contributed by atoms with van der Waals surface area (Å²) in [5, 5.41) is 5.01. The Labute approximate surface area is 117 Å². The molecule has 0 amide bonds. The number of hydrogen-bond donors (Lipinski definition) is 1. The molecule has 1 N–H and O–H groups in total. The van der Waals surface area contributed by atoms with Gasteiger partial charge in [0, 0.05) is 22.5 Å². The SMILES string of the molecule is CNCc1cc(Cl)ccc1-c1cc2ccccc2o1. The smallest absolute Gasteiger partial charge is 0.135 e. The molecule has 19 heavy (non-hydrogen) atoms. The molecule has 0 saturated carbocycles. The highest BCUT2D eigenvalue weighted by Gasteiger charge is 2.10. The molecule has 0 unspecified atom stereocenters. The first kappa shape index (κ1) is 12.3. The van der Waals surface area contributed by atoms with Crippen LogP contribution >= 0.6 is 11.6 Å². The van der Waals surface area contributed by atoms with Crippen molar-refractivity contribution in [3.8, 4) is 11.3 Å². The highest BCUT2D eigenvalue weighted by molar-refractivity contribution is 6.30. The van der Waals surface area contributed by atoms with Crippen molar-refractivity contribution in [3.05, 3.63) is 59.1 Å². The zero-order valence-corrected chi connectivity index (χ0v) is 11.4. The lowest BCUT2D eigenvalue weighted by molar-refractivity contribution is 0.630. The third-order valence-electron chi connectivity index (χ3n) is 3.13. The molecule has 2 nitrogen and oxygen atoms in total. The van der Waals surface area contributed by atoms with E-state index in [2.05, 4.69) is 17.4 Å². The Morgan fingerprint density at radius 1 is 1.11 bits per heavy atom. The number of benzene rings is 2. The minimum Gasteiger partial charge on any atom is -0.456 e. The van der Waals surface area contributed by atoms with Crippen molar-refractivity contribution in [1.29, 1.82) is 0 Å². The Morgan fingerprint density at radius 2 is 1.95 bits per heavy atom. The van der Waals surface area contributed by atoms with Gasteiger partial charge in [-0.3, -0.25) is 0 Å². The molecule has 0 bridgehead atoms. The zero-order chi connectivity index (χ0) is 13.2. The van der Waals surface area contributed by atoms with Crippen LogP contribution in [-0.2, 0) is 6.54 Å². The van der Waals surface area contributed by atoms with Gasteiger partial charge in [-0.15, -0.1) is 0 Å². The maximum atomic E-state index is 6.06. The Hall–Kier alpha value is -1.77. The first-order valence-electron chi connectivity index (χ1n) is 6.20. The molecule has 0 aliphatic heterocycles. The monoisotopic (exact) mass is 271 g/mol. The van der Waals surface area contributed by atoms with Crippen LogP contribution in [0.4, 0.5) is 0 Å². The third-order valence-corrected chi connectivity index (χ3v) is 3.36. The molecule has 0 spiro atoms. The fourth-order valence-corrected chi connectivity index (χ4v) is 2.45. The molecule has 0 aliphatic rings. The molecular formula is C16H14ClNO. The summed E-state index contributed by atoms with van der Waals surface area (Å²) in [4.78, 5) is 0. The van der Waals surface area contributed by atoms with E-state index in [1.54, 1.807) is 0 Å². The zero-order valence-electron chi connectivity index (χ0n) is 10.6. The minimum atomic E-state index is 0.741. The number of furan rings is 1. The maximum Gasteiger partial charge on any atom is 0.135 e. The molecule has 2 aromatic carbocycles. The lowest BCUT2D eigenvalue weighted by atomic mass is 10.0. The second-order valence-corrected chi connectivity index (χ2v) is 4.92. The summed E-state index contributed by atoms with van der Waals surface area (Å²) < 4.78 is 5.91. The molecule has 0 fully saturated rings. The normalized spacial score (nSPS) is 11.1.